The van der Waals surface area contributed by atoms with Crippen LogP contribution in [0.15, 0.2) is 11.6 Å². The zero-order valence-electron chi connectivity index (χ0n) is 21.3. The number of rotatable bonds is 8. The van der Waals surface area contributed by atoms with Gasteiger partial charge in [-0.05, 0) is 58.8 Å². The molecule has 2 saturated heterocycles. The van der Waals surface area contributed by atoms with Crippen LogP contribution in [0, 0.1) is 11.8 Å². The Morgan fingerprint density at radius 2 is 1.85 bits per heavy atom. The molecule has 0 aromatic rings. The molecule has 2 heterocycles. The molecule has 0 aromatic heterocycles. The number of hydrogen-bond acceptors (Lipinski definition) is 7. The second kappa shape index (κ2) is 10.2. The summed E-state index contributed by atoms with van der Waals surface area (Å²) in [5, 5.41) is 2.81. The predicted molar refractivity (Wildman–Crippen MR) is 125 cm³/mol. The van der Waals surface area contributed by atoms with Crippen LogP contribution in [0.4, 0.5) is 4.79 Å². The summed E-state index contributed by atoms with van der Waals surface area (Å²) in [6.07, 6.45) is 8.23. The van der Waals surface area contributed by atoms with Crippen LogP contribution < -0.4 is 5.32 Å². The van der Waals surface area contributed by atoms with Crippen molar-refractivity contribution in [3.63, 3.8) is 0 Å². The van der Waals surface area contributed by atoms with E-state index < -0.39 is 29.8 Å². The molecule has 1 N–H and O–H groups in total. The summed E-state index contributed by atoms with van der Waals surface area (Å²) in [7, 11) is 3.01. The van der Waals surface area contributed by atoms with Crippen LogP contribution in [0.3, 0.4) is 0 Å². The Morgan fingerprint density at radius 1 is 1.15 bits per heavy atom. The SMILES string of the molecule is COC(=O)C(NC(=O)O[C@@H]1CC[C@]2(CO2)[C@@H]([C@@]2(C)O[C@@H]2CC=C(C)C)[C@@H]1OC)C1CCCCC1. The van der Waals surface area contributed by atoms with E-state index in [4.69, 9.17) is 23.7 Å². The fourth-order valence-corrected chi connectivity index (χ4v) is 6.33. The molecule has 2 aliphatic carbocycles. The van der Waals surface area contributed by atoms with Crippen molar-refractivity contribution in [1.29, 1.82) is 0 Å². The third-order valence-electron chi connectivity index (χ3n) is 8.35. The molecule has 2 saturated carbocycles. The van der Waals surface area contributed by atoms with E-state index in [0.717, 1.165) is 44.9 Å². The normalized spacial score (nSPS) is 38.0. The molecule has 4 rings (SSSR count). The van der Waals surface area contributed by atoms with Gasteiger partial charge in [-0.25, -0.2) is 9.59 Å². The van der Waals surface area contributed by atoms with Crippen molar-refractivity contribution < 1.29 is 33.3 Å². The number of esters is 1. The average Bonchev–Trinajstić information content (AvgIpc) is 3.74. The first-order valence-electron chi connectivity index (χ1n) is 12.8. The molecule has 4 fully saturated rings. The summed E-state index contributed by atoms with van der Waals surface area (Å²) in [6.45, 7) is 6.97. The number of carbonyl (C=O) groups is 2. The Balaban J connectivity index is 1.44. The van der Waals surface area contributed by atoms with Gasteiger partial charge in [0.15, 0.2) is 0 Å². The quantitative estimate of drug-likeness (QED) is 0.320. The zero-order valence-corrected chi connectivity index (χ0v) is 21.3. The highest BCUT2D eigenvalue weighted by Gasteiger charge is 2.72. The van der Waals surface area contributed by atoms with Crippen molar-refractivity contribution in [1.82, 2.24) is 5.32 Å². The zero-order chi connectivity index (χ0) is 24.5. The highest BCUT2D eigenvalue weighted by Crippen LogP contribution is 2.59. The van der Waals surface area contributed by atoms with Crippen molar-refractivity contribution in [2.75, 3.05) is 20.8 Å². The summed E-state index contributed by atoms with van der Waals surface area (Å²) in [4.78, 5) is 25.4. The second-order valence-electron chi connectivity index (χ2n) is 10.9. The maximum atomic E-state index is 13.0. The van der Waals surface area contributed by atoms with Crippen molar-refractivity contribution >= 4 is 12.1 Å². The molecule has 34 heavy (non-hydrogen) atoms. The monoisotopic (exact) mass is 479 g/mol. The summed E-state index contributed by atoms with van der Waals surface area (Å²) in [5.41, 5.74) is 0.596. The molecule has 1 amide bonds. The largest absolute Gasteiger partial charge is 0.467 e. The van der Waals surface area contributed by atoms with Crippen LogP contribution in [0.2, 0.25) is 0 Å². The van der Waals surface area contributed by atoms with E-state index >= 15 is 0 Å². The minimum atomic E-state index is -0.686. The maximum Gasteiger partial charge on any atom is 0.408 e. The van der Waals surface area contributed by atoms with Gasteiger partial charge in [-0.1, -0.05) is 30.9 Å². The first-order chi connectivity index (χ1) is 16.2. The summed E-state index contributed by atoms with van der Waals surface area (Å²) in [5.74, 6) is -0.384. The number of carbonyl (C=O) groups excluding carboxylic acids is 2. The molecule has 8 heteroatoms. The van der Waals surface area contributed by atoms with Crippen LogP contribution in [0.1, 0.15) is 72.1 Å². The Bertz CT molecular complexity index is 784. The van der Waals surface area contributed by atoms with Gasteiger partial charge >= 0.3 is 12.1 Å². The van der Waals surface area contributed by atoms with E-state index in [1.807, 2.05) is 0 Å². The Labute approximate surface area is 203 Å². The van der Waals surface area contributed by atoms with Crippen molar-refractivity contribution in [3.8, 4) is 0 Å². The van der Waals surface area contributed by atoms with Crippen molar-refractivity contribution in [2.24, 2.45) is 11.8 Å². The number of hydrogen-bond donors (Lipinski definition) is 1. The van der Waals surface area contributed by atoms with Gasteiger partial charge < -0.3 is 29.0 Å². The molecular formula is C26H41NO7. The molecule has 2 aliphatic heterocycles. The lowest BCUT2D eigenvalue weighted by Crippen LogP contribution is -2.57. The maximum absolute atomic E-state index is 13.0. The van der Waals surface area contributed by atoms with Crippen LogP contribution in [-0.4, -0.2) is 68.4 Å². The minimum absolute atomic E-state index is 0.0399. The lowest BCUT2D eigenvalue weighted by molar-refractivity contribution is -0.145. The lowest BCUT2D eigenvalue weighted by Gasteiger charge is -2.42. The Kier molecular flexibility index (Phi) is 7.60. The van der Waals surface area contributed by atoms with Crippen LogP contribution in [0.25, 0.3) is 0 Å². The lowest BCUT2D eigenvalue weighted by atomic mass is 9.68. The van der Waals surface area contributed by atoms with Crippen molar-refractivity contribution in [3.05, 3.63) is 11.6 Å². The number of allylic oxidation sites excluding steroid dienone is 1. The van der Waals surface area contributed by atoms with Gasteiger partial charge in [0.05, 0.1) is 25.7 Å². The summed E-state index contributed by atoms with van der Waals surface area (Å²) < 4.78 is 29.0. The molecule has 0 aromatic carbocycles. The fraction of sp³-hybridized carbons (Fsp3) is 0.846. The molecule has 1 unspecified atom stereocenters. The molecular weight excluding hydrogens is 438 g/mol. The number of alkyl carbamates (subject to hydrolysis) is 1. The third-order valence-corrected chi connectivity index (χ3v) is 8.35. The molecule has 8 nitrogen and oxygen atoms in total. The van der Waals surface area contributed by atoms with Gasteiger partial charge in [0.1, 0.15) is 29.5 Å². The number of epoxide rings is 2. The summed E-state index contributed by atoms with van der Waals surface area (Å²) in [6, 6.07) is -0.686. The van der Waals surface area contributed by atoms with E-state index in [0.29, 0.717) is 13.0 Å². The first-order valence-corrected chi connectivity index (χ1v) is 12.8. The van der Waals surface area contributed by atoms with Gasteiger partial charge in [0.2, 0.25) is 0 Å². The molecule has 1 spiro atoms. The first kappa shape index (κ1) is 25.5. The average molecular weight is 480 g/mol. The van der Waals surface area contributed by atoms with Gasteiger partial charge in [-0.15, -0.1) is 0 Å². The Hall–Kier alpha value is -1.64. The number of methoxy groups -OCH3 is 2. The summed E-state index contributed by atoms with van der Waals surface area (Å²) >= 11 is 0. The third kappa shape index (κ3) is 5.14. The molecule has 7 atom stereocenters. The van der Waals surface area contributed by atoms with E-state index in [2.05, 4.69) is 32.2 Å². The highest BCUT2D eigenvalue weighted by molar-refractivity contribution is 5.81. The van der Waals surface area contributed by atoms with Gasteiger partial charge in [-0.3, -0.25) is 0 Å². The van der Waals surface area contributed by atoms with Crippen molar-refractivity contribution in [2.45, 2.75) is 108 Å². The second-order valence-corrected chi connectivity index (χ2v) is 10.9. The van der Waals surface area contributed by atoms with E-state index in [1.165, 1.54) is 12.7 Å². The molecule has 0 bridgehead atoms. The molecule has 0 radical (unpaired) electrons. The van der Waals surface area contributed by atoms with E-state index in [9.17, 15) is 9.59 Å². The van der Waals surface area contributed by atoms with Gasteiger partial charge in [-0.2, -0.15) is 0 Å². The number of nitrogens with one attached hydrogen (secondary N) is 1. The number of ether oxygens (including phenoxy) is 5. The van der Waals surface area contributed by atoms with E-state index in [-0.39, 0.29) is 29.6 Å². The predicted octanol–water partition coefficient (Wildman–Crippen LogP) is 3.91. The number of amides is 1. The topological polar surface area (TPSA) is 98.9 Å². The highest BCUT2D eigenvalue weighted by atomic mass is 16.6. The fourth-order valence-electron chi connectivity index (χ4n) is 6.33. The Morgan fingerprint density at radius 3 is 2.44 bits per heavy atom. The molecule has 192 valence electrons. The van der Waals surface area contributed by atoms with Gasteiger partial charge in [0.25, 0.3) is 0 Å². The molecule has 4 aliphatic rings. The smallest absolute Gasteiger partial charge is 0.408 e. The van der Waals surface area contributed by atoms with Gasteiger partial charge in [0, 0.05) is 7.11 Å². The van der Waals surface area contributed by atoms with Crippen LogP contribution >= 0.6 is 0 Å². The van der Waals surface area contributed by atoms with Crippen LogP contribution in [0.5, 0.6) is 0 Å². The minimum Gasteiger partial charge on any atom is -0.467 e. The van der Waals surface area contributed by atoms with Crippen LogP contribution in [-0.2, 0) is 28.5 Å². The van der Waals surface area contributed by atoms with E-state index in [1.54, 1.807) is 7.11 Å². The standard InChI is InChI=1S/C26H41NO7/c1-16(2)11-12-19-25(3,34-19)22-21(30-4)18(13-14-26(22)15-32-26)33-24(29)27-20(23(28)31-5)17-9-7-6-8-10-17/h11,17-22H,6-10,12-15H2,1-5H3,(H,27,29)/t18-,19-,20?,21-,22-,25+,26+/m1/s1.